The van der Waals surface area contributed by atoms with Crippen molar-refractivity contribution in [2.45, 2.75) is 81.9 Å². The zero-order valence-electron chi connectivity index (χ0n) is 31.8. The van der Waals surface area contributed by atoms with Crippen molar-refractivity contribution in [2.75, 3.05) is 6.61 Å². The molecule has 1 fully saturated rings. The van der Waals surface area contributed by atoms with Gasteiger partial charge in [0, 0.05) is 4.90 Å². The topological polar surface area (TPSA) is 63.2 Å². The number of fused-ring (bicyclic) bond motifs is 1. The minimum Gasteiger partial charge on any atom is -0.374 e. The molecule has 5 atom stereocenters. The molecule has 0 radical (unpaired) electrons. The summed E-state index contributed by atoms with van der Waals surface area (Å²) in [4.78, 5) is 10.5. The van der Waals surface area contributed by atoms with Gasteiger partial charge in [0.2, 0.25) is 0 Å². The second-order valence-electron chi connectivity index (χ2n) is 13.9. The van der Waals surface area contributed by atoms with E-state index in [2.05, 4.69) is 110 Å². The van der Waals surface area contributed by atoms with Gasteiger partial charge in [-0.2, -0.15) is 0 Å². The Bertz CT molecular complexity index is 2020. The first kappa shape index (κ1) is 40.1. The fourth-order valence-corrected chi connectivity index (χ4v) is 7.47. The van der Waals surface area contributed by atoms with E-state index < -0.39 is 24.4 Å². The average Bonchev–Trinajstić information content (AvgIpc) is 3.21. The molecule has 0 unspecified atom stereocenters. The summed E-state index contributed by atoms with van der Waals surface area (Å²) in [6.07, 6.45) is -1.79. The first-order valence-corrected chi connectivity index (χ1v) is 19.7. The van der Waals surface area contributed by atoms with E-state index in [4.69, 9.17) is 23.7 Å². The molecule has 0 saturated carbocycles. The fourth-order valence-electron chi connectivity index (χ4n) is 6.35. The highest BCUT2D eigenvalue weighted by Gasteiger charge is 2.49. The first-order chi connectivity index (χ1) is 26.9. The molecular formula is C48H50O6S. The van der Waals surface area contributed by atoms with Crippen LogP contribution in [0.1, 0.15) is 41.7 Å². The van der Waals surface area contributed by atoms with Crippen molar-refractivity contribution in [1.82, 2.24) is 0 Å². The minimum atomic E-state index is -0.471. The first-order valence-electron chi connectivity index (χ1n) is 18.8. The van der Waals surface area contributed by atoms with E-state index in [1.54, 1.807) is 11.8 Å². The van der Waals surface area contributed by atoms with Crippen LogP contribution in [0.3, 0.4) is 0 Å². The van der Waals surface area contributed by atoms with Crippen molar-refractivity contribution >= 4 is 28.3 Å². The Morgan fingerprint density at radius 2 is 1.04 bits per heavy atom. The van der Waals surface area contributed by atoms with Gasteiger partial charge in [0.25, 0.3) is 0 Å². The number of aryl methyl sites for hydroxylation is 1. The number of benzene rings is 6. The van der Waals surface area contributed by atoms with Crippen LogP contribution in [0.15, 0.2) is 163 Å². The van der Waals surface area contributed by atoms with E-state index in [9.17, 15) is 4.79 Å². The number of hydrogen-bond donors (Lipinski definition) is 0. The van der Waals surface area contributed by atoms with Gasteiger partial charge in [0.15, 0.2) is 0 Å². The Kier molecular flexibility index (Phi) is 15.2. The average molecular weight is 755 g/mol. The highest BCUT2D eigenvalue weighted by atomic mass is 32.2. The normalized spacial score (nSPS) is 19.4. The van der Waals surface area contributed by atoms with Gasteiger partial charge in [0.1, 0.15) is 35.6 Å². The van der Waals surface area contributed by atoms with Gasteiger partial charge in [-0.25, -0.2) is 0 Å². The van der Waals surface area contributed by atoms with Crippen LogP contribution in [0, 0.1) is 6.92 Å². The summed E-state index contributed by atoms with van der Waals surface area (Å²) in [5.41, 5.74) is 5.17. The van der Waals surface area contributed by atoms with E-state index in [0.29, 0.717) is 33.0 Å². The fraction of sp³-hybridized carbons (Fsp3) is 0.271. The van der Waals surface area contributed by atoms with Gasteiger partial charge in [-0.05, 0) is 72.0 Å². The lowest BCUT2D eigenvalue weighted by Gasteiger charge is -2.46. The van der Waals surface area contributed by atoms with E-state index >= 15 is 0 Å². The maximum absolute atomic E-state index is 9.44. The highest BCUT2D eigenvalue weighted by molar-refractivity contribution is 7.99. The summed E-state index contributed by atoms with van der Waals surface area (Å²) in [5.74, 6) is 0.167. The second kappa shape index (κ2) is 20.9. The van der Waals surface area contributed by atoms with Crippen LogP contribution < -0.4 is 0 Å². The molecule has 1 aliphatic rings. The molecular weight excluding hydrogens is 705 g/mol. The van der Waals surface area contributed by atoms with Gasteiger partial charge < -0.3 is 28.5 Å². The molecule has 0 amide bonds. The lowest BCUT2D eigenvalue weighted by Crippen LogP contribution is -2.60. The predicted molar refractivity (Wildman–Crippen MR) is 221 cm³/mol. The number of hydrogen-bond acceptors (Lipinski definition) is 7. The van der Waals surface area contributed by atoms with Crippen molar-refractivity contribution in [1.29, 1.82) is 0 Å². The second-order valence-corrected chi connectivity index (χ2v) is 15.0. The zero-order valence-corrected chi connectivity index (χ0v) is 32.6. The molecule has 1 aliphatic heterocycles. The maximum atomic E-state index is 9.44. The van der Waals surface area contributed by atoms with Crippen LogP contribution >= 0.6 is 11.8 Å². The number of thioether (sulfide) groups is 1. The zero-order chi connectivity index (χ0) is 38.2. The minimum absolute atomic E-state index is 0.167. The summed E-state index contributed by atoms with van der Waals surface area (Å²) >= 11 is 1.66. The molecule has 0 aromatic heterocycles. The van der Waals surface area contributed by atoms with Gasteiger partial charge >= 0.3 is 0 Å². The Morgan fingerprint density at radius 3 is 1.60 bits per heavy atom. The largest absolute Gasteiger partial charge is 0.374 e. The third-order valence-corrected chi connectivity index (χ3v) is 10.2. The third kappa shape index (κ3) is 12.5. The van der Waals surface area contributed by atoms with Gasteiger partial charge in [0.05, 0.1) is 33.0 Å². The molecule has 0 aliphatic carbocycles. The quantitative estimate of drug-likeness (QED) is 0.103. The van der Waals surface area contributed by atoms with Crippen molar-refractivity contribution < 1.29 is 28.5 Å². The van der Waals surface area contributed by atoms with Crippen molar-refractivity contribution in [2.24, 2.45) is 0 Å². The van der Waals surface area contributed by atoms with Crippen LogP contribution in [0.4, 0.5) is 0 Å². The van der Waals surface area contributed by atoms with Crippen LogP contribution in [-0.4, -0.2) is 42.2 Å². The Hall–Kier alpha value is -4.60. The monoisotopic (exact) mass is 754 g/mol. The Morgan fingerprint density at radius 1 is 0.545 bits per heavy atom. The van der Waals surface area contributed by atoms with Crippen LogP contribution in [-0.2, 0) is 54.9 Å². The molecule has 0 bridgehead atoms. The van der Waals surface area contributed by atoms with Crippen LogP contribution in [0.25, 0.3) is 10.8 Å². The van der Waals surface area contributed by atoms with Crippen molar-refractivity contribution in [3.05, 3.63) is 186 Å². The molecule has 7 rings (SSSR count). The number of rotatable bonds is 15. The van der Waals surface area contributed by atoms with Crippen molar-refractivity contribution in [3.8, 4) is 0 Å². The van der Waals surface area contributed by atoms with E-state index in [0.717, 1.165) is 27.1 Å². The number of carbonyl (C=O) groups is 1. The third-order valence-electron chi connectivity index (χ3n) is 9.08. The standard InChI is InChI=1S/C45H44O5S.C3H6O/c1-33-21-25-40(26-22-33)51-45-44(49-31-36-17-9-4-10-18-36)43(48-30-35-15-7-3-8-16-35)42(47-29-34-13-5-2-6-14-34)41(50-45)32-46-28-37-23-24-38-19-11-12-20-39(38)27-37;1-3(2)4/h2-27,41-45H,28-32H2,1H3;1-2H3/t41-,42-,43+,44+,45-;/m1./s1. The molecule has 6 aromatic carbocycles. The van der Waals surface area contributed by atoms with Crippen LogP contribution in [0.5, 0.6) is 0 Å². The molecule has 7 heteroatoms. The molecule has 0 spiro atoms. The molecule has 0 N–H and O–H groups in total. The number of ketones is 1. The number of ether oxygens (including phenoxy) is 5. The Balaban J connectivity index is 0.00000123. The van der Waals surface area contributed by atoms with Crippen molar-refractivity contribution in [3.63, 3.8) is 0 Å². The maximum Gasteiger partial charge on any atom is 0.137 e. The van der Waals surface area contributed by atoms with E-state index in [1.165, 1.54) is 30.2 Å². The predicted octanol–water partition coefficient (Wildman–Crippen LogP) is 10.5. The molecule has 6 nitrogen and oxygen atoms in total. The van der Waals surface area contributed by atoms with Gasteiger partial charge in [-0.1, -0.05) is 157 Å². The lowest BCUT2D eigenvalue weighted by molar-refractivity contribution is -0.254. The number of Topliss-reactive ketones (excluding diaryl/α,β-unsaturated/α-hetero) is 1. The molecule has 6 aromatic rings. The molecule has 1 heterocycles. The summed E-state index contributed by atoms with van der Waals surface area (Å²) in [7, 11) is 0. The van der Waals surface area contributed by atoms with E-state index in [-0.39, 0.29) is 11.2 Å². The SMILES string of the molecule is CC(C)=O.Cc1ccc(S[C@H]2O[C@H](COCc3ccc4ccccc4c3)[C@@H](OCc3ccccc3)[C@H](OCc3ccccc3)[C@@H]2OCc2ccccc2)cc1. The summed E-state index contributed by atoms with van der Waals surface area (Å²) in [5, 5.41) is 2.40. The number of carbonyl (C=O) groups excluding carboxylic acids is 1. The smallest absolute Gasteiger partial charge is 0.137 e. The summed E-state index contributed by atoms with van der Waals surface area (Å²) in [6, 6.07) is 54.1. The lowest BCUT2D eigenvalue weighted by atomic mass is 9.98. The van der Waals surface area contributed by atoms with Gasteiger partial charge in [-0.3, -0.25) is 0 Å². The van der Waals surface area contributed by atoms with Gasteiger partial charge in [-0.15, -0.1) is 0 Å². The highest BCUT2D eigenvalue weighted by Crippen LogP contribution is 2.38. The summed E-state index contributed by atoms with van der Waals surface area (Å²) in [6.45, 7) is 7.17. The van der Waals surface area contributed by atoms with Crippen LogP contribution in [0.2, 0.25) is 0 Å². The summed E-state index contributed by atoms with van der Waals surface area (Å²) < 4.78 is 34.0. The Labute approximate surface area is 329 Å². The molecule has 1 saturated heterocycles. The van der Waals surface area contributed by atoms with E-state index in [1.807, 2.05) is 54.6 Å². The molecule has 284 valence electrons. The molecule has 55 heavy (non-hydrogen) atoms.